The van der Waals surface area contributed by atoms with Gasteiger partial charge in [-0.05, 0) is 46.5 Å². The maximum Gasteiger partial charge on any atom is 0.328 e. The molecule has 2 fully saturated rings. The average molecular weight is 368 g/mol. The predicted octanol–water partition coefficient (Wildman–Crippen LogP) is 3.25. The zero-order valence-corrected chi connectivity index (χ0v) is 16.3. The van der Waals surface area contributed by atoms with E-state index >= 15 is 0 Å². The molecule has 6 nitrogen and oxygen atoms in total. The van der Waals surface area contributed by atoms with Crippen molar-refractivity contribution in [2.24, 2.45) is 17.8 Å². The standard InChI is InChI=1S/C13H20O5.C7H12O/c1-3-17-12(15)10(13(16)18-4-2)11(14)9-7-5-6-8-9;1-6(8)7-4-2-3-5-7/h9-10H,3-8H2,1-2H3;7H,2-5H2,1H3. The zero-order chi connectivity index (χ0) is 19.5. The molecule has 0 spiro atoms. The van der Waals surface area contributed by atoms with Gasteiger partial charge in [0.15, 0.2) is 5.78 Å². The van der Waals surface area contributed by atoms with Gasteiger partial charge in [0.05, 0.1) is 13.2 Å². The Morgan fingerprint density at radius 3 is 1.46 bits per heavy atom. The van der Waals surface area contributed by atoms with Gasteiger partial charge in [0.25, 0.3) is 0 Å². The molecule has 0 saturated heterocycles. The summed E-state index contributed by atoms with van der Waals surface area (Å²) in [7, 11) is 0. The average Bonchev–Trinajstić information content (AvgIpc) is 3.30. The molecule has 0 bridgehead atoms. The number of ether oxygens (including phenoxy) is 2. The lowest BCUT2D eigenvalue weighted by Crippen LogP contribution is -2.37. The van der Waals surface area contributed by atoms with Gasteiger partial charge in [-0.3, -0.25) is 19.2 Å². The highest BCUT2D eigenvalue weighted by Crippen LogP contribution is 2.28. The maximum absolute atomic E-state index is 12.2. The van der Waals surface area contributed by atoms with Crippen molar-refractivity contribution < 1.29 is 28.7 Å². The molecule has 2 saturated carbocycles. The van der Waals surface area contributed by atoms with Crippen LogP contribution in [0.5, 0.6) is 0 Å². The number of Topliss-reactive ketones (excluding diaryl/α,β-unsaturated/α-hetero) is 2. The van der Waals surface area contributed by atoms with Gasteiger partial charge >= 0.3 is 11.9 Å². The third kappa shape index (κ3) is 6.89. The lowest BCUT2D eigenvalue weighted by atomic mass is 9.91. The molecule has 0 amide bonds. The van der Waals surface area contributed by atoms with Gasteiger partial charge in [-0.25, -0.2) is 0 Å². The smallest absolute Gasteiger partial charge is 0.328 e. The van der Waals surface area contributed by atoms with E-state index in [9.17, 15) is 19.2 Å². The molecule has 0 radical (unpaired) electrons. The second kappa shape index (κ2) is 11.8. The van der Waals surface area contributed by atoms with Crippen molar-refractivity contribution in [3.63, 3.8) is 0 Å². The van der Waals surface area contributed by atoms with Crippen LogP contribution in [0.25, 0.3) is 0 Å². The second-order valence-corrected chi connectivity index (χ2v) is 6.91. The number of ketones is 2. The van der Waals surface area contributed by atoms with Crippen LogP contribution < -0.4 is 0 Å². The molecule has 0 aliphatic heterocycles. The Labute approximate surface area is 156 Å². The second-order valence-electron chi connectivity index (χ2n) is 6.91. The largest absolute Gasteiger partial charge is 0.465 e. The summed E-state index contributed by atoms with van der Waals surface area (Å²) in [5.74, 6) is -2.69. The van der Waals surface area contributed by atoms with Crippen molar-refractivity contribution in [3.05, 3.63) is 0 Å². The minimum atomic E-state index is -1.40. The first-order valence-corrected chi connectivity index (χ1v) is 9.79. The van der Waals surface area contributed by atoms with Gasteiger partial charge in [0.1, 0.15) is 5.78 Å². The van der Waals surface area contributed by atoms with E-state index in [1.54, 1.807) is 20.8 Å². The van der Waals surface area contributed by atoms with Crippen LogP contribution in [-0.4, -0.2) is 36.7 Å². The summed E-state index contributed by atoms with van der Waals surface area (Å²) in [6.07, 6.45) is 8.25. The minimum Gasteiger partial charge on any atom is -0.465 e. The molecule has 6 heteroatoms. The normalized spacial score (nSPS) is 17.5. The Morgan fingerprint density at radius 2 is 1.15 bits per heavy atom. The molecule has 148 valence electrons. The number of hydrogen-bond donors (Lipinski definition) is 0. The van der Waals surface area contributed by atoms with Crippen molar-refractivity contribution in [3.8, 4) is 0 Å². The Hall–Kier alpha value is -1.72. The van der Waals surface area contributed by atoms with E-state index < -0.39 is 17.9 Å². The number of esters is 2. The Bertz CT molecular complexity index is 469. The van der Waals surface area contributed by atoms with E-state index in [4.69, 9.17) is 9.47 Å². The van der Waals surface area contributed by atoms with E-state index in [-0.39, 0.29) is 24.9 Å². The van der Waals surface area contributed by atoms with Gasteiger partial charge < -0.3 is 9.47 Å². The summed E-state index contributed by atoms with van der Waals surface area (Å²) < 4.78 is 9.58. The molecule has 0 aromatic heterocycles. The molecule has 0 unspecified atom stereocenters. The van der Waals surface area contributed by atoms with Crippen molar-refractivity contribution in [1.82, 2.24) is 0 Å². The number of rotatable bonds is 7. The molecule has 0 aromatic carbocycles. The number of carbonyl (C=O) groups excluding carboxylic acids is 4. The van der Waals surface area contributed by atoms with Crippen molar-refractivity contribution in [2.75, 3.05) is 13.2 Å². The van der Waals surface area contributed by atoms with Crippen LogP contribution in [0.15, 0.2) is 0 Å². The van der Waals surface area contributed by atoms with Gasteiger partial charge in [0, 0.05) is 11.8 Å². The fourth-order valence-electron chi connectivity index (χ4n) is 3.56. The van der Waals surface area contributed by atoms with Crippen molar-refractivity contribution in [2.45, 2.75) is 72.1 Å². The summed E-state index contributed by atoms with van der Waals surface area (Å²) in [4.78, 5) is 46.3. The highest BCUT2D eigenvalue weighted by Gasteiger charge is 2.41. The van der Waals surface area contributed by atoms with Crippen LogP contribution in [0.3, 0.4) is 0 Å². The fraction of sp³-hybridized carbons (Fsp3) is 0.800. The van der Waals surface area contributed by atoms with Crippen LogP contribution in [0, 0.1) is 17.8 Å². The highest BCUT2D eigenvalue weighted by atomic mass is 16.6. The number of hydrogen-bond acceptors (Lipinski definition) is 6. The maximum atomic E-state index is 12.2. The molecular formula is C20H32O6. The molecule has 0 aromatic rings. The third-order valence-corrected chi connectivity index (χ3v) is 5.02. The topological polar surface area (TPSA) is 86.7 Å². The van der Waals surface area contributed by atoms with E-state index in [1.165, 1.54) is 12.8 Å². The molecule has 0 N–H and O–H groups in total. The van der Waals surface area contributed by atoms with Gasteiger partial charge in [-0.1, -0.05) is 25.7 Å². The first-order chi connectivity index (χ1) is 12.4. The monoisotopic (exact) mass is 368 g/mol. The van der Waals surface area contributed by atoms with Crippen molar-refractivity contribution >= 4 is 23.5 Å². The number of carbonyl (C=O) groups is 4. The molecule has 2 aliphatic rings. The lowest BCUT2D eigenvalue weighted by molar-refractivity contribution is -0.165. The summed E-state index contributed by atoms with van der Waals surface area (Å²) >= 11 is 0. The van der Waals surface area contributed by atoms with Crippen LogP contribution >= 0.6 is 0 Å². The molecular weight excluding hydrogens is 336 g/mol. The summed E-state index contributed by atoms with van der Waals surface area (Å²) in [6, 6.07) is 0. The SMILES string of the molecule is CC(=O)C1CCCC1.CCOC(=O)C(C(=O)OCC)C(=O)C1CCCC1. The zero-order valence-electron chi connectivity index (χ0n) is 16.3. The molecule has 26 heavy (non-hydrogen) atoms. The summed E-state index contributed by atoms with van der Waals surface area (Å²) in [6.45, 7) is 5.27. The van der Waals surface area contributed by atoms with Crippen LogP contribution in [-0.2, 0) is 28.7 Å². The van der Waals surface area contributed by atoms with Crippen LogP contribution in [0.4, 0.5) is 0 Å². The lowest BCUT2D eigenvalue weighted by Gasteiger charge is -2.16. The minimum absolute atomic E-state index is 0.146. The first kappa shape index (κ1) is 22.3. The molecule has 0 heterocycles. The van der Waals surface area contributed by atoms with Crippen molar-refractivity contribution in [1.29, 1.82) is 0 Å². The molecule has 0 atom stereocenters. The van der Waals surface area contributed by atoms with Gasteiger partial charge in [-0.2, -0.15) is 0 Å². The quantitative estimate of drug-likeness (QED) is 0.506. The summed E-state index contributed by atoms with van der Waals surface area (Å²) in [5.41, 5.74) is 0. The highest BCUT2D eigenvalue weighted by molar-refractivity contribution is 6.15. The van der Waals surface area contributed by atoms with E-state index in [0.717, 1.165) is 38.5 Å². The predicted molar refractivity (Wildman–Crippen MR) is 96.4 cm³/mol. The third-order valence-electron chi connectivity index (χ3n) is 5.02. The molecule has 2 rings (SSSR count). The Kier molecular flexibility index (Phi) is 10.1. The van der Waals surface area contributed by atoms with E-state index in [1.807, 2.05) is 0 Å². The van der Waals surface area contributed by atoms with Gasteiger partial charge in [-0.15, -0.1) is 0 Å². The van der Waals surface area contributed by atoms with Gasteiger partial charge in [0.2, 0.25) is 5.92 Å². The Morgan fingerprint density at radius 1 is 0.769 bits per heavy atom. The fourth-order valence-corrected chi connectivity index (χ4v) is 3.56. The van der Waals surface area contributed by atoms with E-state index in [0.29, 0.717) is 11.7 Å². The summed E-state index contributed by atoms with van der Waals surface area (Å²) in [5, 5.41) is 0. The molecule has 2 aliphatic carbocycles. The van der Waals surface area contributed by atoms with Crippen LogP contribution in [0.1, 0.15) is 72.1 Å². The van der Waals surface area contributed by atoms with Crippen LogP contribution in [0.2, 0.25) is 0 Å². The van der Waals surface area contributed by atoms with E-state index in [2.05, 4.69) is 0 Å². The Balaban J connectivity index is 0.000000350. The first-order valence-electron chi connectivity index (χ1n) is 9.79.